The molecule has 0 heterocycles. The van der Waals surface area contributed by atoms with E-state index in [9.17, 15) is 18.4 Å². The number of carbonyl (C=O) groups excluding carboxylic acids is 2. The van der Waals surface area contributed by atoms with Gasteiger partial charge in [-0.05, 0) is 36.7 Å². The monoisotopic (exact) mass is 360 g/mol. The molecule has 0 aliphatic heterocycles. The van der Waals surface area contributed by atoms with E-state index in [0.29, 0.717) is 43.5 Å². The number of aldehydes is 1. The number of rotatable bonds is 9. The lowest BCUT2D eigenvalue weighted by atomic mass is 10.1. The van der Waals surface area contributed by atoms with Crippen LogP contribution in [0.4, 0.5) is 8.78 Å². The summed E-state index contributed by atoms with van der Waals surface area (Å²) < 4.78 is 26.6. The highest BCUT2D eigenvalue weighted by Crippen LogP contribution is 2.27. The van der Waals surface area contributed by atoms with Crippen molar-refractivity contribution in [2.45, 2.75) is 25.8 Å². The van der Waals surface area contributed by atoms with Crippen LogP contribution >= 0.6 is 0 Å². The minimum Gasteiger partial charge on any atom is -0.352 e. The van der Waals surface area contributed by atoms with Crippen LogP contribution in [-0.2, 0) is 12.5 Å². The Kier molecular flexibility index (Phi) is 6.97. The third-order valence-electron chi connectivity index (χ3n) is 3.86. The molecule has 0 saturated heterocycles. The molecule has 6 heteroatoms. The number of amides is 1. The van der Waals surface area contributed by atoms with E-state index < -0.39 is 5.92 Å². The van der Waals surface area contributed by atoms with Gasteiger partial charge in [-0.1, -0.05) is 30.3 Å². The first-order valence-electron chi connectivity index (χ1n) is 8.41. The lowest BCUT2D eigenvalue weighted by molar-refractivity contribution is 0.0174. The van der Waals surface area contributed by atoms with Gasteiger partial charge < -0.3 is 10.6 Å². The maximum absolute atomic E-state index is 13.3. The third kappa shape index (κ3) is 6.04. The summed E-state index contributed by atoms with van der Waals surface area (Å²) in [7, 11) is 0. The highest BCUT2D eigenvalue weighted by Gasteiger charge is 2.23. The van der Waals surface area contributed by atoms with Crippen molar-refractivity contribution in [2.75, 3.05) is 13.1 Å². The van der Waals surface area contributed by atoms with Crippen LogP contribution in [0.15, 0.2) is 48.5 Å². The molecule has 0 aliphatic carbocycles. The van der Waals surface area contributed by atoms with Gasteiger partial charge in [-0.25, -0.2) is 8.78 Å². The second kappa shape index (κ2) is 9.20. The maximum atomic E-state index is 13.3. The molecule has 0 fully saturated rings. The molecule has 0 aliphatic rings. The van der Waals surface area contributed by atoms with Crippen LogP contribution in [-0.4, -0.2) is 25.3 Å². The molecule has 4 nitrogen and oxygen atoms in total. The van der Waals surface area contributed by atoms with Crippen LogP contribution in [0.25, 0.3) is 0 Å². The molecule has 0 radical (unpaired) electrons. The second-order valence-corrected chi connectivity index (χ2v) is 6.12. The molecule has 0 unspecified atom stereocenters. The standard InChI is InChI=1S/C20H22F2N2O2/c1-20(21,22)18-8-3-5-15(12-18)13-23-9-4-10-24-19(26)17-7-2-6-16(11-17)14-25/h2-3,5-8,11-12,14,23H,4,9-10,13H2,1H3,(H,24,26). The summed E-state index contributed by atoms with van der Waals surface area (Å²) in [5, 5.41) is 5.95. The van der Waals surface area contributed by atoms with Crippen molar-refractivity contribution in [1.29, 1.82) is 0 Å². The number of hydrogen-bond acceptors (Lipinski definition) is 3. The van der Waals surface area contributed by atoms with Crippen molar-refractivity contribution in [3.05, 3.63) is 70.8 Å². The fourth-order valence-electron chi connectivity index (χ4n) is 2.46. The Morgan fingerprint density at radius 3 is 2.62 bits per heavy atom. The van der Waals surface area contributed by atoms with Gasteiger partial charge in [0.1, 0.15) is 6.29 Å². The van der Waals surface area contributed by atoms with Gasteiger partial charge in [-0.3, -0.25) is 9.59 Å². The van der Waals surface area contributed by atoms with Crippen molar-refractivity contribution < 1.29 is 18.4 Å². The van der Waals surface area contributed by atoms with Gasteiger partial charge in [0.2, 0.25) is 0 Å². The summed E-state index contributed by atoms with van der Waals surface area (Å²) in [6.45, 7) is 2.48. The molecule has 0 atom stereocenters. The van der Waals surface area contributed by atoms with E-state index in [1.807, 2.05) is 0 Å². The van der Waals surface area contributed by atoms with Gasteiger partial charge in [0.05, 0.1) is 0 Å². The van der Waals surface area contributed by atoms with E-state index in [1.54, 1.807) is 30.3 Å². The van der Waals surface area contributed by atoms with Gasteiger partial charge in [-0.2, -0.15) is 0 Å². The van der Waals surface area contributed by atoms with Crippen molar-refractivity contribution in [2.24, 2.45) is 0 Å². The molecule has 138 valence electrons. The van der Waals surface area contributed by atoms with Crippen LogP contribution in [0.1, 0.15) is 45.2 Å². The van der Waals surface area contributed by atoms with Crippen LogP contribution < -0.4 is 10.6 Å². The van der Waals surface area contributed by atoms with E-state index in [4.69, 9.17) is 0 Å². The smallest absolute Gasteiger partial charge is 0.270 e. The molecule has 2 rings (SSSR count). The molecular formula is C20H22F2N2O2. The first-order chi connectivity index (χ1) is 12.4. The molecule has 0 spiro atoms. The molecule has 2 aromatic rings. The number of carbonyl (C=O) groups is 2. The number of halogens is 2. The third-order valence-corrected chi connectivity index (χ3v) is 3.86. The molecule has 1 amide bonds. The zero-order valence-electron chi connectivity index (χ0n) is 14.6. The molecule has 0 saturated carbocycles. The van der Waals surface area contributed by atoms with Crippen LogP contribution in [0.5, 0.6) is 0 Å². The van der Waals surface area contributed by atoms with Gasteiger partial charge in [0.25, 0.3) is 11.8 Å². The van der Waals surface area contributed by atoms with Crippen LogP contribution in [0.2, 0.25) is 0 Å². The molecule has 2 aromatic carbocycles. The van der Waals surface area contributed by atoms with Crippen molar-refractivity contribution >= 4 is 12.2 Å². The largest absolute Gasteiger partial charge is 0.352 e. The summed E-state index contributed by atoms with van der Waals surface area (Å²) in [4.78, 5) is 22.7. The van der Waals surface area contributed by atoms with Gasteiger partial charge in [0, 0.05) is 36.7 Å². The van der Waals surface area contributed by atoms with E-state index in [1.165, 1.54) is 18.2 Å². The molecule has 2 N–H and O–H groups in total. The van der Waals surface area contributed by atoms with Crippen molar-refractivity contribution in [1.82, 2.24) is 10.6 Å². The quantitative estimate of drug-likeness (QED) is 0.531. The van der Waals surface area contributed by atoms with E-state index in [0.717, 1.165) is 12.5 Å². The van der Waals surface area contributed by atoms with E-state index in [-0.39, 0.29) is 11.5 Å². The van der Waals surface area contributed by atoms with Crippen molar-refractivity contribution in [3.63, 3.8) is 0 Å². The first kappa shape index (κ1) is 19.7. The average Bonchev–Trinajstić information content (AvgIpc) is 2.64. The number of nitrogens with one attached hydrogen (secondary N) is 2. The Morgan fingerprint density at radius 1 is 1.12 bits per heavy atom. The van der Waals surface area contributed by atoms with Crippen LogP contribution in [0, 0.1) is 0 Å². The van der Waals surface area contributed by atoms with Crippen molar-refractivity contribution in [3.8, 4) is 0 Å². The Balaban J connectivity index is 1.69. The molecule has 26 heavy (non-hydrogen) atoms. The van der Waals surface area contributed by atoms with E-state index in [2.05, 4.69) is 10.6 Å². The second-order valence-electron chi connectivity index (χ2n) is 6.12. The Hall–Kier alpha value is -2.60. The molecule has 0 aromatic heterocycles. The molecular weight excluding hydrogens is 338 g/mol. The fourth-order valence-corrected chi connectivity index (χ4v) is 2.46. The number of alkyl halides is 2. The summed E-state index contributed by atoms with van der Waals surface area (Å²) in [5.74, 6) is -3.08. The summed E-state index contributed by atoms with van der Waals surface area (Å²) in [5.41, 5.74) is 1.69. The predicted molar refractivity (Wildman–Crippen MR) is 96.5 cm³/mol. The van der Waals surface area contributed by atoms with Gasteiger partial charge in [0.15, 0.2) is 0 Å². The summed E-state index contributed by atoms with van der Waals surface area (Å²) in [6.07, 6.45) is 1.40. The topological polar surface area (TPSA) is 58.2 Å². The minimum absolute atomic E-state index is 0.00150. The summed E-state index contributed by atoms with van der Waals surface area (Å²) in [6, 6.07) is 12.8. The highest BCUT2D eigenvalue weighted by molar-refractivity contribution is 5.95. The maximum Gasteiger partial charge on any atom is 0.270 e. The Morgan fingerprint density at radius 2 is 1.88 bits per heavy atom. The normalized spacial score (nSPS) is 11.2. The number of hydrogen-bond donors (Lipinski definition) is 2. The highest BCUT2D eigenvalue weighted by atomic mass is 19.3. The van der Waals surface area contributed by atoms with Gasteiger partial charge >= 0.3 is 0 Å². The average molecular weight is 360 g/mol. The lowest BCUT2D eigenvalue weighted by Crippen LogP contribution is -2.27. The van der Waals surface area contributed by atoms with Crippen LogP contribution in [0.3, 0.4) is 0 Å². The minimum atomic E-state index is -2.85. The lowest BCUT2D eigenvalue weighted by Gasteiger charge is -2.12. The number of benzene rings is 2. The SMILES string of the molecule is CC(F)(F)c1cccc(CNCCCNC(=O)c2cccc(C=O)c2)c1. The van der Waals surface area contributed by atoms with E-state index >= 15 is 0 Å². The predicted octanol–water partition coefficient (Wildman–Crippen LogP) is 3.52. The first-order valence-corrected chi connectivity index (χ1v) is 8.41. The fraction of sp³-hybridized carbons (Fsp3) is 0.300. The zero-order valence-corrected chi connectivity index (χ0v) is 14.6. The van der Waals surface area contributed by atoms with Gasteiger partial charge in [-0.15, -0.1) is 0 Å². The molecule has 0 bridgehead atoms. The Bertz CT molecular complexity index is 757. The summed E-state index contributed by atoms with van der Waals surface area (Å²) >= 11 is 0. The Labute approximate surface area is 151 Å². The zero-order chi connectivity index (χ0) is 19.0.